The lowest BCUT2D eigenvalue weighted by atomic mass is 9.97. The Labute approximate surface area is 194 Å². The number of benzene rings is 1. The number of hydrogen-bond acceptors (Lipinski definition) is 5. The number of rotatable bonds is 5. The second-order valence-corrected chi connectivity index (χ2v) is 11.1. The zero-order valence-corrected chi connectivity index (χ0v) is 20.0. The maximum atomic E-state index is 13.7. The molecule has 1 saturated heterocycles. The van der Waals surface area contributed by atoms with E-state index < -0.39 is 10.0 Å². The zero-order valence-electron chi connectivity index (χ0n) is 19.2. The van der Waals surface area contributed by atoms with Crippen LogP contribution in [-0.2, 0) is 10.0 Å². The summed E-state index contributed by atoms with van der Waals surface area (Å²) in [4.78, 5) is 20.4. The second kappa shape index (κ2) is 8.13. The van der Waals surface area contributed by atoms with Gasteiger partial charge in [-0.05, 0) is 63.6 Å². The molecule has 1 N–H and O–H groups in total. The highest BCUT2D eigenvalue weighted by atomic mass is 32.2. The number of fused-ring (bicyclic) bond motifs is 1. The third kappa shape index (κ3) is 4.46. The van der Waals surface area contributed by atoms with Crippen LogP contribution in [0.25, 0.3) is 5.65 Å². The van der Waals surface area contributed by atoms with E-state index in [-0.39, 0.29) is 11.9 Å². The molecule has 174 valence electrons. The van der Waals surface area contributed by atoms with Gasteiger partial charge in [0.05, 0.1) is 34.9 Å². The van der Waals surface area contributed by atoms with Crippen LogP contribution in [0.2, 0.25) is 0 Å². The summed E-state index contributed by atoms with van der Waals surface area (Å²) in [5.41, 5.74) is 5.50. The van der Waals surface area contributed by atoms with Crippen LogP contribution in [0.5, 0.6) is 0 Å². The van der Waals surface area contributed by atoms with Gasteiger partial charge in [0.1, 0.15) is 0 Å². The molecule has 1 aromatic carbocycles. The van der Waals surface area contributed by atoms with E-state index in [1.807, 2.05) is 28.6 Å². The van der Waals surface area contributed by atoms with Gasteiger partial charge < -0.3 is 4.90 Å². The molecule has 2 fully saturated rings. The number of piperidine rings is 1. The largest absolute Gasteiger partial charge is 0.330 e. The predicted molar refractivity (Wildman–Crippen MR) is 127 cm³/mol. The Morgan fingerprint density at radius 1 is 1.12 bits per heavy atom. The second-order valence-electron chi connectivity index (χ2n) is 9.39. The molecular formula is C24H29N5O3S. The molecule has 1 aliphatic heterocycles. The minimum atomic E-state index is -3.51. The molecule has 3 heterocycles. The summed E-state index contributed by atoms with van der Waals surface area (Å²) in [5, 5.41) is 4.79. The van der Waals surface area contributed by atoms with Gasteiger partial charge in [-0.15, -0.1) is 0 Å². The maximum Gasteiger partial charge on any atom is 0.256 e. The van der Waals surface area contributed by atoms with E-state index in [1.165, 1.54) is 12.8 Å². The molecule has 0 bridgehead atoms. The fraction of sp³-hybridized carbons (Fsp3) is 0.458. The summed E-state index contributed by atoms with van der Waals surface area (Å²) in [6, 6.07) is 7.01. The number of aryl methyl sites for hydroxylation is 2. The average Bonchev–Trinajstić information content (AvgIpc) is 3.52. The number of carbonyl (C=O) groups excluding carboxylic acids is 1. The van der Waals surface area contributed by atoms with Gasteiger partial charge in [-0.25, -0.2) is 17.9 Å². The molecule has 5 rings (SSSR count). The van der Waals surface area contributed by atoms with Gasteiger partial charge in [0.2, 0.25) is 10.0 Å². The summed E-state index contributed by atoms with van der Waals surface area (Å²) >= 11 is 0. The van der Waals surface area contributed by atoms with Gasteiger partial charge in [-0.2, -0.15) is 5.10 Å². The van der Waals surface area contributed by atoms with Crippen molar-refractivity contribution in [2.24, 2.45) is 0 Å². The number of likely N-dealkylation sites (tertiary alicyclic amines) is 1. The predicted octanol–water partition coefficient (Wildman–Crippen LogP) is 3.96. The number of aromatic nitrogens is 3. The number of carbonyl (C=O) groups is 1. The van der Waals surface area contributed by atoms with Crippen LogP contribution in [-0.4, -0.2) is 46.6 Å². The summed E-state index contributed by atoms with van der Waals surface area (Å²) in [6.07, 6.45) is 8.22. The molecule has 0 spiro atoms. The number of amides is 1. The first-order valence-corrected chi connectivity index (χ1v) is 13.3. The number of nitrogens with zero attached hydrogens (tertiary/aromatic N) is 4. The normalized spacial score (nSPS) is 19.1. The van der Waals surface area contributed by atoms with E-state index in [0.717, 1.165) is 53.7 Å². The van der Waals surface area contributed by atoms with Crippen LogP contribution in [0.4, 0.5) is 5.69 Å². The van der Waals surface area contributed by atoms with Gasteiger partial charge in [0.15, 0.2) is 5.65 Å². The standard InChI is InChI=1S/C24H29N5O3S/c1-15-7-10-19(27-33(3,31)32)18(12-15)24(30)28-11-5-4-6-21(28)20-13-22-25-23(17-8-9-17)16(2)14-29(22)26-20/h7,10,12-14,17,21,27H,4-6,8-9,11H2,1-3H3. The molecular weight excluding hydrogens is 438 g/mol. The fourth-order valence-corrected chi connectivity index (χ4v) is 5.31. The SMILES string of the molecule is Cc1ccc(NS(C)(=O)=O)c(C(=O)N2CCCCC2c2cc3nc(C4CC4)c(C)cn3n2)c1. The minimum Gasteiger partial charge on any atom is -0.330 e. The first-order chi connectivity index (χ1) is 15.7. The quantitative estimate of drug-likeness (QED) is 0.613. The number of sulfonamides is 1. The Balaban J connectivity index is 1.51. The van der Waals surface area contributed by atoms with E-state index in [9.17, 15) is 13.2 Å². The van der Waals surface area contributed by atoms with Gasteiger partial charge in [-0.3, -0.25) is 9.52 Å². The van der Waals surface area contributed by atoms with Crippen molar-refractivity contribution in [2.75, 3.05) is 17.5 Å². The molecule has 0 radical (unpaired) electrons. The van der Waals surface area contributed by atoms with Crippen LogP contribution in [0.1, 0.15) is 76.9 Å². The Bertz CT molecular complexity index is 1340. The van der Waals surface area contributed by atoms with Crippen molar-refractivity contribution in [1.82, 2.24) is 19.5 Å². The number of nitrogens with one attached hydrogen (secondary N) is 1. The Kier molecular flexibility index (Phi) is 5.39. The molecule has 9 heteroatoms. The Morgan fingerprint density at radius 3 is 2.64 bits per heavy atom. The van der Waals surface area contributed by atoms with Crippen LogP contribution >= 0.6 is 0 Å². The maximum absolute atomic E-state index is 13.7. The molecule has 1 atom stereocenters. The Morgan fingerprint density at radius 2 is 1.91 bits per heavy atom. The number of hydrogen-bond donors (Lipinski definition) is 1. The third-order valence-corrected chi connectivity index (χ3v) is 7.05. The van der Waals surface area contributed by atoms with Crippen molar-refractivity contribution in [3.8, 4) is 0 Å². The number of anilines is 1. The lowest BCUT2D eigenvalue weighted by Gasteiger charge is -2.35. The van der Waals surface area contributed by atoms with Crippen molar-refractivity contribution in [2.45, 2.75) is 57.9 Å². The van der Waals surface area contributed by atoms with E-state index >= 15 is 0 Å². The monoisotopic (exact) mass is 467 g/mol. The van der Waals surface area contributed by atoms with Crippen molar-refractivity contribution >= 4 is 27.3 Å². The van der Waals surface area contributed by atoms with E-state index in [1.54, 1.807) is 18.2 Å². The summed E-state index contributed by atoms with van der Waals surface area (Å²) in [6.45, 7) is 4.57. The highest BCUT2D eigenvalue weighted by Crippen LogP contribution is 2.41. The van der Waals surface area contributed by atoms with Crippen LogP contribution in [0.15, 0.2) is 30.5 Å². The van der Waals surface area contributed by atoms with E-state index in [4.69, 9.17) is 10.1 Å². The van der Waals surface area contributed by atoms with Crippen molar-refractivity contribution in [3.63, 3.8) is 0 Å². The van der Waals surface area contributed by atoms with Crippen molar-refractivity contribution in [1.29, 1.82) is 0 Å². The molecule has 1 unspecified atom stereocenters. The zero-order chi connectivity index (χ0) is 23.3. The van der Waals surface area contributed by atoms with E-state index in [0.29, 0.717) is 23.7 Å². The van der Waals surface area contributed by atoms with E-state index in [2.05, 4.69) is 11.6 Å². The molecule has 1 amide bonds. The Hall–Kier alpha value is -2.94. The van der Waals surface area contributed by atoms with Crippen LogP contribution in [0.3, 0.4) is 0 Å². The minimum absolute atomic E-state index is 0.177. The van der Waals surface area contributed by atoms with Gasteiger partial charge in [0, 0.05) is 24.7 Å². The summed E-state index contributed by atoms with van der Waals surface area (Å²) in [7, 11) is -3.51. The first-order valence-electron chi connectivity index (χ1n) is 11.5. The molecule has 8 nitrogen and oxygen atoms in total. The molecule has 1 saturated carbocycles. The molecule has 33 heavy (non-hydrogen) atoms. The first kappa shape index (κ1) is 21.9. The van der Waals surface area contributed by atoms with Gasteiger partial charge in [-0.1, -0.05) is 11.6 Å². The fourth-order valence-electron chi connectivity index (χ4n) is 4.74. The molecule has 2 aromatic heterocycles. The highest BCUT2D eigenvalue weighted by Gasteiger charge is 2.33. The van der Waals surface area contributed by atoms with Crippen LogP contribution in [0, 0.1) is 13.8 Å². The average molecular weight is 468 g/mol. The van der Waals surface area contributed by atoms with Gasteiger partial charge in [0.25, 0.3) is 5.91 Å². The lowest BCUT2D eigenvalue weighted by molar-refractivity contribution is 0.0606. The lowest BCUT2D eigenvalue weighted by Crippen LogP contribution is -2.39. The summed E-state index contributed by atoms with van der Waals surface area (Å²) in [5.74, 6) is 0.373. The smallest absolute Gasteiger partial charge is 0.256 e. The highest BCUT2D eigenvalue weighted by molar-refractivity contribution is 7.92. The third-order valence-electron chi connectivity index (χ3n) is 6.46. The molecule has 2 aliphatic rings. The summed E-state index contributed by atoms with van der Waals surface area (Å²) < 4.78 is 28.1. The van der Waals surface area contributed by atoms with Gasteiger partial charge >= 0.3 is 0 Å². The molecule has 1 aliphatic carbocycles. The topological polar surface area (TPSA) is 96.7 Å². The van der Waals surface area contributed by atoms with Crippen molar-refractivity contribution in [3.05, 3.63) is 58.5 Å². The van der Waals surface area contributed by atoms with Crippen molar-refractivity contribution < 1.29 is 13.2 Å². The van der Waals surface area contributed by atoms with Crippen LogP contribution < -0.4 is 4.72 Å². The molecule has 3 aromatic rings.